The topological polar surface area (TPSA) is 85.6 Å². The summed E-state index contributed by atoms with van der Waals surface area (Å²) in [5.41, 5.74) is 1.19. The van der Waals surface area contributed by atoms with Gasteiger partial charge in [0, 0.05) is 41.7 Å². The maximum absolute atomic E-state index is 15.0. The lowest BCUT2D eigenvalue weighted by atomic mass is 9.95. The lowest BCUT2D eigenvalue weighted by Gasteiger charge is -2.22. The number of carbonyl (C=O) groups is 1. The quantitative estimate of drug-likeness (QED) is 0.203. The van der Waals surface area contributed by atoms with E-state index in [1.54, 1.807) is 36.5 Å². The molecule has 5 aromatic rings. The molecule has 2 unspecified atom stereocenters. The number of alkyl halides is 4. The van der Waals surface area contributed by atoms with Gasteiger partial charge in [0.25, 0.3) is 12.3 Å². The predicted octanol–water partition coefficient (Wildman–Crippen LogP) is 6.49. The van der Waals surface area contributed by atoms with Crippen LogP contribution in [0.2, 0.25) is 0 Å². The average molecular weight is 611 g/mol. The Hall–Kier alpha value is -4.81. The summed E-state index contributed by atoms with van der Waals surface area (Å²) >= 11 is 0. The van der Waals surface area contributed by atoms with Gasteiger partial charge in [-0.1, -0.05) is 19.1 Å². The van der Waals surface area contributed by atoms with Crippen molar-refractivity contribution < 1.29 is 31.1 Å². The van der Waals surface area contributed by atoms with E-state index in [2.05, 4.69) is 25.4 Å². The third-order valence-corrected chi connectivity index (χ3v) is 7.67. The van der Waals surface area contributed by atoms with E-state index in [-0.39, 0.29) is 24.0 Å². The molecule has 0 saturated carbocycles. The first-order chi connectivity index (χ1) is 21.0. The summed E-state index contributed by atoms with van der Waals surface area (Å²) in [7, 11) is 0. The highest BCUT2D eigenvalue weighted by molar-refractivity contribution is 5.82. The number of hydrogen-bond donors (Lipinski definition) is 1. The van der Waals surface area contributed by atoms with Gasteiger partial charge < -0.3 is 5.32 Å². The summed E-state index contributed by atoms with van der Waals surface area (Å²) in [6, 6.07) is 10.6. The summed E-state index contributed by atoms with van der Waals surface area (Å²) in [4.78, 5) is 26.5. The fourth-order valence-corrected chi connectivity index (χ4v) is 5.68. The molecule has 1 aliphatic rings. The van der Waals surface area contributed by atoms with Crippen molar-refractivity contribution >= 4 is 16.9 Å². The smallest absolute Gasteiger partial charge is 0.292 e. The molecule has 1 amide bonds. The molecule has 0 bridgehead atoms. The highest BCUT2D eigenvalue weighted by Crippen LogP contribution is 2.48. The zero-order chi connectivity index (χ0) is 31.2. The van der Waals surface area contributed by atoms with Gasteiger partial charge in [0.15, 0.2) is 0 Å². The van der Waals surface area contributed by atoms with Gasteiger partial charge in [-0.25, -0.2) is 17.6 Å². The van der Waals surface area contributed by atoms with Crippen LogP contribution in [0.1, 0.15) is 47.6 Å². The molecule has 0 radical (unpaired) electrons. The van der Waals surface area contributed by atoms with Crippen molar-refractivity contribution in [3.05, 3.63) is 107 Å². The van der Waals surface area contributed by atoms with Crippen molar-refractivity contribution in [3.8, 4) is 11.1 Å². The van der Waals surface area contributed by atoms with E-state index < -0.39 is 59.8 Å². The van der Waals surface area contributed by atoms with Crippen molar-refractivity contribution in [1.29, 1.82) is 0 Å². The zero-order valence-electron chi connectivity index (χ0n) is 23.1. The van der Waals surface area contributed by atoms with Crippen LogP contribution in [0.5, 0.6) is 0 Å². The Kier molecular flexibility index (Phi) is 7.56. The lowest BCUT2D eigenvalue weighted by Crippen LogP contribution is -2.35. The SMILES string of the molecule is CC1Cc2c(C(F)F)nn(CC(=O)NC(Cc3cc(F)cc(F)c3)c3ncccc3-c3ccc4nccnc4c3)c2C1(F)F. The summed E-state index contributed by atoms with van der Waals surface area (Å²) < 4.78 is 86.3. The van der Waals surface area contributed by atoms with Crippen molar-refractivity contribution in [2.24, 2.45) is 5.92 Å². The molecular formula is C31H24F6N6O. The van der Waals surface area contributed by atoms with Gasteiger partial charge >= 0.3 is 0 Å². The van der Waals surface area contributed by atoms with Gasteiger partial charge in [-0.05, 0) is 54.3 Å². The molecule has 2 atom stereocenters. The zero-order valence-corrected chi connectivity index (χ0v) is 23.1. The molecular weight excluding hydrogens is 586 g/mol. The van der Waals surface area contributed by atoms with E-state index in [0.717, 1.165) is 12.1 Å². The number of aromatic nitrogens is 5. The van der Waals surface area contributed by atoms with Crippen LogP contribution in [0.4, 0.5) is 26.3 Å². The van der Waals surface area contributed by atoms with Gasteiger partial charge in [-0.3, -0.25) is 24.4 Å². The molecule has 3 aromatic heterocycles. The maximum atomic E-state index is 15.0. The molecule has 0 spiro atoms. The second-order valence-electron chi connectivity index (χ2n) is 10.7. The molecule has 6 rings (SSSR count). The largest absolute Gasteiger partial charge is 0.346 e. The fraction of sp³-hybridized carbons (Fsp3) is 0.258. The molecule has 0 aliphatic heterocycles. The Morgan fingerprint density at radius 1 is 0.977 bits per heavy atom. The van der Waals surface area contributed by atoms with Crippen LogP contribution in [0.15, 0.2) is 67.1 Å². The minimum absolute atomic E-state index is 0.134. The Labute approximate surface area is 247 Å². The van der Waals surface area contributed by atoms with Gasteiger partial charge in [-0.15, -0.1) is 0 Å². The van der Waals surface area contributed by atoms with E-state index in [4.69, 9.17) is 0 Å². The first-order valence-electron chi connectivity index (χ1n) is 13.7. The fourth-order valence-electron chi connectivity index (χ4n) is 5.68. The van der Waals surface area contributed by atoms with Crippen LogP contribution in [0.3, 0.4) is 0 Å². The summed E-state index contributed by atoms with van der Waals surface area (Å²) in [6.07, 6.45) is 1.02. The molecule has 226 valence electrons. The number of pyridine rings is 1. The highest BCUT2D eigenvalue weighted by atomic mass is 19.3. The first kappa shape index (κ1) is 29.3. The number of carbonyl (C=O) groups excluding carboxylic acids is 1. The molecule has 44 heavy (non-hydrogen) atoms. The first-order valence-corrected chi connectivity index (χ1v) is 13.7. The molecule has 7 nitrogen and oxygen atoms in total. The molecule has 1 aliphatic carbocycles. The van der Waals surface area contributed by atoms with Gasteiger partial charge in [0.1, 0.15) is 29.6 Å². The number of hydrogen-bond acceptors (Lipinski definition) is 5. The number of halogens is 6. The number of rotatable bonds is 8. The van der Waals surface area contributed by atoms with Crippen LogP contribution in [0, 0.1) is 17.6 Å². The normalized spacial score (nSPS) is 16.3. The van der Waals surface area contributed by atoms with Crippen molar-refractivity contribution in [2.45, 2.75) is 44.7 Å². The third-order valence-electron chi connectivity index (χ3n) is 7.67. The van der Waals surface area contributed by atoms with E-state index in [1.165, 1.54) is 19.3 Å². The molecule has 13 heteroatoms. The number of nitrogens with zero attached hydrogens (tertiary/aromatic N) is 5. The highest BCUT2D eigenvalue weighted by Gasteiger charge is 2.51. The second-order valence-corrected chi connectivity index (χ2v) is 10.7. The summed E-state index contributed by atoms with van der Waals surface area (Å²) in [5, 5.41) is 6.40. The maximum Gasteiger partial charge on any atom is 0.292 e. The van der Waals surface area contributed by atoms with Crippen molar-refractivity contribution in [3.63, 3.8) is 0 Å². The number of benzene rings is 2. The molecule has 1 N–H and O–H groups in total. The van der Waals surface area contributed by atoms with Gasteiger partial charge in [0.05, 0.1) is 22.8 Å². The average Bonchev–Trinajstić information content (AvgIpc) is 3.45. The molecule has 3 heterocycles. The van der Waals surface area contributed by atoms with E-state index in [1.807, 2.05) is 0 Å². The van der Waals surface area contributed by atoms with Crippen LogP contribution >= 0.6 is 0 Å². The third kappa shape index (κ3) is 5.49. The molecule has 0 fully saturated rings. The predicted molar refractivity (Wildman–Crippen MR) is 148 cm³/mol. The van der Waals surface area contributed by atoms with E-state index in [9.17, 15) is 22.4 Å². The number of amides is 1. The number of fused-ring (bicyclic) bond motifs is 2. The van der Waals surface area contributed by atoms with Crippen LogP contribution in [-0.2, 0) is 30.1 Å². The lowest BCUT2D eigenvalue weighted by molar-refractivity contribution is -0.123. The van der Waals surface area contributed by atoms with Gasteiger partial charge in [0.2, 0.25) is 5.91 Å². The van der Waals surface area contributed by atoms with Crippen LogP contribution < -0.4 is 5.32 Å². The van der Waals surface area contributed by atoms with E-state index in [0.29, 0.717) is 38.6 Å². The van der Waals surface area contributed by atoms with Crippen LogP contribution in [0.25, 0.3) is 22.2 Å². The Bertz CT molecular complexity index is 1860. The Morgan fingerprint density at radius 3 is 2.43 bits per heavy atom. The van der Waals surface area contributed by atoms with Crippen LogP contribution in [-0.4, -0.2) is 30.6 Å². The minimum atomic E-state index is -3.47. The summed E-state index contributed by atoms with van der Waals surface area (Å²) in [5.74, 6) is -7.22. The Balaban J connectivity index is 1.38. The standard InChI is InChI=1S/C31H24F6N6O/c1-16-9-22-28(30(34)35)42-43(29(22)31(16,36)37)15-26(44)41-25(12-17-10-19(32)14-20(33)11-17)27-21(3-2-6-40-27)18-4-5-23-24(13-18)39-8-7-38-23/h2-8,10-11,13-14,16,25,30H,9,12,15H2,1H3,(H,41,44). The van der Waals surface area contributed by atoms with E-state index >= 15 is 8.78 Å². The Morgan fingerprint density at radius 2 is 1.70 bits per heavy atom. The van der Waals surface area contributed by atoms with Crippen molar-refractivity contribution in [1.82, 2.24) is 30.0 Å². The molecule has 0 saturated heterocycles. The number of nitrogens with one attached hydrogen (secondary N) is 1. The van der Waals surface area contributed by atoms with Crippen molar-refractivity contribution in [2.75, 3.05) is 0 Å². The second kappa shape index (κ2) is 11.4. The minimum Gasteiger partial charge on any atom is -0.346 e. The molecule has 2 aromatic carbocycles. The monoisotopic (exact) mass is 610 g/mol. The summed E-state index contributed by atoms with van der Waals surface area (Å²) in [6.45, 7) is 0.452. The van der Waals surface area contributed by atoms with Gasteiger partial charge in [-0.2, -0.15) is 13.9 Å².